The van der Waals surface area contributed by atoms with Crippen LogP contribution in [0.25, 0.3) is 0 Å². The number of hydrogen-bond acceptors (Lipinski definition) is 4. The third-order valence-corrected chi connectivity index (χ3v) is 5.47. The Balaban J connectivity index is 1.94. The van der Waals surface area contributed by atoms with Gasteiger partial charge in [-0.3, -0.25) is 9.69 Å². The number of amides is 2. The molecule has 0 N–H and O–H groups in total. The number of carbonyl (C=O) groups excluding carboxylic acids is 2. The fraction of sp³-hybridized carbons (Fsp3) is 0.556. The molecule has 0 aromatic heterocycles. The van der Waals surface area contributed by atoms with E-state index in [2.05, 4.69) is 41.6 Å². The number of hydrogen-bond donors (Lipinski definition) is 0. The van der Waals surface area contributed by atoms with E-state index in [1.165, 1.54) is 6.07 Å². The quantitative estimate of drug-likeness (QED) is 0.746. The van der Waals surface area contributed by atoms with E-state index in [9.17, 15) is 14.0 Å². The summed E-state index contributed by atoms with van der Waals surface area (Å²) >= 11 is 3.27. The van der Waals surface area contributed by atoms with Crippen LogP contribution in [0.15, 0.2) is 22.7 Å². The zero-order chi connectivity index (χ0) is 18.4. The van der Waals surface area contributed by atoms with E-state index in [1.807, 2.05) is 0 Å². The highest BCUT2D eigenvalue weighted by atomic mass is 79.9. The van der Waals surface area contributed by atoms with E-state index in [4.69, 9.17) is 4.74 Å². The second kappa shape index (κ2) is 6.68. The van der Waals surface area contributed by atoms with Gasteiger partial charge in [0.25, 0.3) is 0 Å². The van der Waals surface area contributed by atoms with Gasteiger partial charge in [0.1, 0.15) is 12.4 Å². The number of nitrogens with zero attached hydrogens (tertiary/aromatic N) is 2. The van der Waals surface area contributed by atoms with Crippen molar-refractivity contribution < 1.29 is 18.7 Å². The molecule has 2 unspecified atom stereocenters. The van der Waals surface area contributed by atoms with Crippen LogP contribution in [0.1, 0.15) is 32.3 Å². The lowest BCUT2D eigenvalue weighted by Crippen LogP contribution is -2.42. The van der Waals surface area contributed by atoms with E-state index in [0.717, 1.165) is 4.90 Å². The normalized spacial score (nSPS) is 24.7. The first-order valence-electron chi connectivity index (χ1n) is 8.36. The first-order chi connectivity index (χ1) is 11.7. The third kappa shape index (κ3) is 3.58. The van der Waals surface area contributed by atoms with Gasteiger partial charge >= 0.3 is 6.09 Å². The molecular weight excluding hydrogens is 391 g/mol. The Labute approximate surface area is 155 Å². The zero-order valence-corrected chi connectivity index (χ0v) is 16.2. The molecule has 0 aliphatic carbocycles. The van der Waals surface area contributed by atoms with Crippen LogP contribution in [-0.4, -0.2) is 53.6 Å². The topological polar surface area (TPSA) is 49.9 Å². The molecule has 0 saturated carbocycles. The van der Waals surface area contributed by atoms with E-state index in [-0.39, 0.29) is 36.3 Å². The maximum Gasteiger partial charge on any atom is 0.416 e. The van der Waals surface area contributed by atoms with Crippen molar-refractivity contribution in [2.75, 3.05) is 26.2 Å². The molecule has 2 fully saturated rings. The van der Waals surface area contributed by atoms with Crippen LogP contribution in [-0.2, 0) is 9.53 Å². The third-order valence-electron chi connectivity index (χ3n) is 4.97. The Kier molecular flexibility index (Phi) is 4.90. The van der Waals surface area contributed by atoms with Gasteiger partial charge in [0, 0.05) is 29.0 Å². The SMILES string of the molecule is CC(C)(C)N1CC(C(=O)N2CCOC2=O)C(c2ccc(Br)cc2F)C1. The lowest BCUT2D eigenvalue weighted by Gasteiger charge is -2.31. The molecule has 0 radical (unpaired) electrons. The molecule has 2 aliphatic heterocycles. The molecule has 2 aliphatic rings. The summed E-state index contributed by atoms with van der Waals surface area (Å²) in [5.41, 5.74) is 0.367. The average Bonchev–Trinajstić information content (AvgIpc) is 3.12. The van der Waals surface area contributed by atoms with E-state index in [1.54, 1.807) is 12.1 Å². The monoisotopic (exact) mass is 412 g/mol. The minimum atomic E-state index is -0.603. The molecule has 2 atom stereocenters. The largest absolute Gasteiger partial charge is 0.447 e. The summed E-state index contributed by atoms with van der Waals surface area (Å²) in [6.07, 6.45) is -0.603. The Morgan fingerprint density at radius 1 is 1.32 bits per heavy atom. The van der Waals surface area contributed by atoms with Crippen LogP contribution < -0.4 is 0 Å². The van der Waals surface area contributed by atoms with Gasteiger partial charge in [-0.15, -0.1) is 0 Å². The highest BCUT2D eigenvalue weighted by molar-refractivity contribution is 9.10. The van der Waals surface area contributed by atoms with Crippen LogP contribution >= 0.6 is 15.9 Å². The van der Waals surface area contributed by atoms with Crippen LogP contribution in [0.4, 0.5) is 9.18 Å². The first-order valence-corrected chi connectivity index (χ1v) is 9.16. The van der Waals surface area contributed by atoms with Gasteiger partial charge in [0.15, 0.2) is 0 Å². The predicted molar refractivity (Wildman–Crippen MR) is 94.7 cm³/mol. The molecule has 3 rings (SSSR count). The lowest BCUT2D eigenvalue weighted by atomic mass is 9.87. The highest BCUT2D eigenvalue weighted by Crippen LogP contribution is 2.39. The minimum absolute atomic E-state index is 0.148. The van der Waals surface area contributed by atoms with Crippen LogP contribution in [0.5, 0.6) is 0 Å². The van der Waals surface area contributed by atoms with Gasteiger partial charge < -0.3 is 4.74 Å². The van der Waals surface area contributed by atoms with Crippen LogP contribution in [0.3, 0.4) is 0 Å². The fourth-order valence-corrected chi connectivity index (χ4v) is 3.85. The fourth-order valence-electron chi connectivity index (χ4n) is 3.51. The van der Waals surface area contributed by atoms with Crippen molar-refractivity contribution in [3.8, 4) is 0 Å². The number of ether oxygens (including phenoxy) is 1. The first kappa shape index (κ1) is 18.3. The molecule has 7 heteroatoms. The Hall–Kier alpha value is -1.47. The standard InChI is InChI=1S/C18H22BrFN2O3/c1-18(2,3)21-9-13(12-5-4-11(19)8-15(12)20)14(10-21)16(23)22-6-7-25-17(22)24/h4-5,8,13-14H,6-7,9-10H2,1-3H3. The van der Waals surface area contributed by atoms with Gasteiger partial charge in [0.2, 0.25) is 5.91 Å². The molecule has 0 bridgehead atoms. The highest BCUT2D eigenvalue weighted by Gasteiger charge is 2.46. The maximum atomic E-state index is 14.6. The number of carbonyl (C=O) groups is 2. The number of cyclic esters (lactones) is 1. The summed E-state index contributed by atoms with van der Waals surface area (Å²) in [6, 6.07) is 4.92. The number of imide groups is 1. The molecule has 2 heterocycles. The Morgan fingerprint density at radius 3 is 2.60 bits per heavy atom. The molecule has 1 aromatic carbocycles. The molecule has 25 heavy (non-hydrogen) atoms. The van der Waals surface area contributed by atoms with Crippen molar-refractivity contribution in [3.63, 3.8) is 0 Å². The van der Waals surface area contributed by atoms with Crippen molar-refractivity contribution in [2.45, 2.75) is 32.2 Å². The molecule has 2 amide bonds. The van der Waals surface area contributed by atoms with Crippen molar-refractivity contribution in [2.24, 2.45) is 5.92 Å². The van der Waals surface area contributed by atoms with Crippen molar-refractivity contribution in [3.05, 3.63) is 34.1 Å². The van der Waals surface area contributed by atoms with Gasteiger partial charge in [-0.25, -0.2) is 14.1 Å². The van der Waals surface area contributed by atoms with Crippen molar-refractivity contribution in [1.29, 1.82) is 0 Å². The second-order valence-electron chi connectivity index (χ2n) is 7.56. The van der Waals surface area contributed by atoms with Crippen molar-refractivity contribution in [1.82, 2.24) is 9.80 Å². The molecule has 1 aromatic rings. The molecular formula is C18H22BrFN2O3. The smallest absolute Gasteiger partial charge is 0.416 e. The van der Waals surface area contributed by atoms with Gasteiger partial charge in [-0.05, 0) is 38.5 Å². The zero-order valence-electron chi connectivity index (χ0n) is 14.6. The van der Waals surface area contributed by atoms with Gasteiger partial charge in [-0.1, -0.05) is 22.0 Å². The molecule has 5 nitrogen and oxygen atoms in total. The summed E-state index contributed by atoms with van der Waals surface area (Å²) in [5.74, 6) is -1.38. The van der Waals surface area contributed by atoms with Gasteiger partial charge in [0.05, 0.1) is 12.5 Å². The van der Waals surface area contributed by atoms with Crippen LogP contribution in [0.2, 0.25) is 0 Å². The molecule has 136 valence electrons. The van der Waals surface area contributed by atoms with E-state index in [0.29, 0.717) is 23.1 Å². The summed E-state index contributed by atoms with van der Waals surface area (Å²) in [5, 5.41) is 0. The summed E-state index contributed by atoms with van der Waals surface area (Å²) < 4.78 is 20.1. The minimum Gasteiger partial charge on any atom is -0.447 e. The maximum absolute atomic E-state index is 14.6. The van der Waals surface area contributed by atoms with E-state index < -0.39 is 12.0 Å². The summed E-state index contributed by atoms with van der Waals surface area (Å²) in [7, 11) is 0. The van der Waals surface area contributed by atoms with E-state index >= 15 is 0 Å². The molecule has 0 spiro atoms. The summed E-state index contributed by atoms with van der Waals surface area (Å²) in [6.45, 7) is 7.75. The Bertz CT molecular complexity index is 704. The van der Waals surface area contributed by atoms with Gasteiger partial charge in [-0.2, -0.15) is 0 Å². The lowest BCUT2D eigenvalue weighted by molar-refractivity contribution is -0.132. The number of rotatable bonds is 2. The molecule has 2 saturated heterocycles. The predicted octanol–water partition coefficient (Wildman–Crippen LogP) is 3.38. The number of halogens is 2. The number of benzene rings is 1. The Morgan fingerprint density at radius 2 is 2.04 bits per heavy atom. The van der Waals surface area contributed by atoms with Crippen LogP contribution in [0, 0.1) is 11.7 Å². The second-order valence-corrected chi connectivity index (χ2v) is 8.47. The summed E-state index contributed by atoms with van der Waals surface area (Å²) in [4.78, 5) is 28.1. The average molecular weight is 413 g/mol. The number of likely N-dealkylation sites (tertiary alicyclic amines) is 1. The van der Waals surface area contributed by atoms with Crippen molar-refractivity contribution >= 4 is 27.9 Å².